The van der Waals surface area contributed by atoms with E-state index in [2.05, 4.69) is 4.98 Å². The van der Waals surface area contributed by atoms with Crippen LogP contribution >= 0.6 is 11.6 Å². The molecule has 0 bridgehead atoms. The van der Waals surface area contributed by atoms with Crippen LogP contribution in [0.15, 0.2) is 47.4 Å². The Bertz CT molecular complexity index is 522. The minimum absolute atomic E-state index is 0.233. The van der Waals surface area contributed by atoms with Gasteiger partial charge in [0.2, 0.25) is 0 Å². The van der Waals surface area contributed by atoms with Crippen LogP contribution in [0.4, 0.5) is 0 Å². The minimum atomic E-state index is -0.277. The maximum Gasteiger partial charge on any atom is 0.290 e. The van der Waals surface area contributed by atoms with Crippen LogP contribution in [0.3, 0.4) is 0 Å². The summed E-state index contributed by atoms with van der Waals surface area (Å²) in [7, 11) is 0. The first-order chi connectivity index (χ1) is 7.75. The summed E-state index contributed by atoms with van der Waals surface area (Å²) in [5, 5.41) is 0.447. The number of aromatic nitrogens is 1. The predicted octanol–water partition coefficient (Wildman–Crippen LogP) is 2.61. The van der Waals surface area contributed by atoms with Crippen molar-refractivity contribution in [3.05, 3.63) is 63.5 Å². The smallest absolute Gasteiger partial charge is 0.290 e. The number of aromatic amines is 1. The van der Waals surface area contributed by atoms with E-state index < -0.39 is 0 Å². The predicted molar refractivity (Wildman–Crippen MR) is 62.8 cm³/mol. The molecule has 3 nitrogen and oxygen atoms in total. The molecule has 1 aromatic carbocycles. The lowest BCUT2D eigenvalue weighted by Crippen LogP contribution is -2.10. The average Bonchev–Trinajstić information content (AvgIpc) is 2.32. The third-order valence-electron chi connectivity index (χ3n) is 2.07. The van der Waals surface area contributed by atoms with E-state index in [4.69, 9.17) is 16.3 Å². The monoisotopic (exact) mass is 235 g/mol. The molecule has 0 spiro atoms. The van der Waals surface area contributed by atoms with E-state index in [1.165, 1.54) is 12.3 Å². The summed E-state index contributed by atoms with van der Waals surface area (Å²) in [6.45, 7) is 0.351. The van der Waals surface area contributed by atoms with Crippen molar-refractivity contribution < 1.29 is 4.74 Å². The van der Waals surface area contributed by atoms with Crippen molar-refractivity contribution in [1.29, 1.82) is 0 Å². The number of hydrogen-bond acceptors (Lipinski definition) is 2. The van der Waals surface area contributed by atoms with Gasteiger partial charge >= 0.3 is 0 Å². The fraction of sp³-hybridized carbons (Fsp3) is 0.0833. The summed E-state index contributed by atoms with van der Waals surface area (Å²) in [5.41, 5.74) is 0.724. The van der Waals surface area contributed by atoms with Crippen molar-refractivity contribution in [1.82, 2.24) is 4.98 Å². The van der Waals surface area contributed by atoms with Crippen LogP contribution in [0.1, 0.15) is 5.56 Å². The van der Waals surface area contributed by atoms with Gasteiger partial charge in [-0.25, -0.2) is 0 Å². The van der Waals surface area contributed by atoms with Gasteiger partial charge in [0, 0.05) is 12.3 Å². The van der Waals surface area contributed by atoms with Crippen LogP contribution < -0.4 is 10.3 Å². The lowest BCUT2D eigenvalue weighted by Gasteiger charge is -2.05. The summed E-state index contributed by atoms with van der Waals surface area (Å²) in [5.74, 6) is 0.233. The van der Waals surface area contributed by atoms with Crippen molar-refractivity contribution in [2.75, 3.05) is 0 Å². The normalized spacial score (nSPS) is 10.1. The number of ether oxygens (including phenoxy) is 1. The van der Waals surface area contributed by atoms with Crippen LogP contribution in [0.5, 0.6) is 5.75 Å². The summed E-state index contributed by atoms with van der Waals surface area (Å²) < 4.78 is 5.38. The molecular weight excluding hydrogens is 226 g/mol. The zero-order chi connectivity index (χ0) is 11.4. The van der Waals surface area contributed by atoms with Crippen molar-refractivity contribution >= 4 is 11.6 Å². The Labute approximate surface area is 97.7 Å². The standard InChI is InChI=1S/C12H10ClNO2/c13-10-6-11(12(15)14-7-10)16-8-9-4-2-1-3-5-9/h1-7H,8H2,(H,14,15). The number of benzene rings is 1. The molecule has 16 heavy (non-hydrogen) atoms. The van der Waals surface area contributed by atoms with E-state index in [1.54, 1.807) is 0 Å². The molecule has 1 heterocycles. The minimum Gasteiger partial charge on any atom is -0.483 e. The largest absolute Gasteiger partial charge is 0.483 e. The molecule has 82 valence electrons. The first kappa shape index (κ1) is 10.8. The first-order valence-corrected chi connectivity index (χ1v) is 5.18. The molecule has 0 fully saturated rings. The molecule has 0 atom stereocenters. The summed E-state index contributed by atoms with van der Waals surface area (Å²) in [6, 6.07) is 11.1. The van der Waals surface area contributed by atoms with Crippen LogP contribution in [0.2, 0.25) is 5.02 Å². The highest BCUT2D eigenvalue weighted by Gasteiger charge is 2.01. The molecule has 2 aromatic rings. The fourth-order valence-electron chi connectivity index (χ4n) is 1.28. The Hall–Kier alpha value is -1.74. The third-order valence-corrected chi connectivity index (χ3v) is 2.29. The Kier molecular flexibility index (Phi) is 3.27. The highest BCUT2D eigenvalue weighted by Crippen LogP contribution is 2.12. The average molecular weight is 236 g/mol. The molecule has 0 saturated carbocycles. The van der Waals surface area contributed by atoms with Gasteiger partial charge < -0.3 is 9.72 Å². The van der Waals surface area contributed by atoms with Crippen LogP contribution in [-0.4, -0.2) is 4.98 Å². The van der Waals surface area contributed by atoms with E-state index in [0.717, 1.165) is 5.56 Å². The lowest BCUT2D eigenvalue weighted by atomic mass is 10.2. The van der Waals surface area contributed by atoms with Crippen LogP contribution in [-0.2, 0) is 6.61 Å². The van der Waals surface area contributed by atoms with E-state index in [9.17, 15) is 4.79 Å². The Morgan fingerprint density at radius 3 is 2.75 bits per heavy atom. The second-order valence-electron chi connectivity index (χ2n) is 3.29. The fourth-order valence-corrected chi connectivity index (χ4v) is 1.43. The second-order valence-corrected chi connectivity index (χ2v) is 3.72. The molecule has 0 aliphatic heterocycles. The molecule has 0 aliphatic carbocycles. The molecule has 0 aliphatic rings. The summed E-state index contributed by atoms with van der Waals surface area (Å²) >= 11 is 5.75. The number of nitrogens with one attached hydrogen (secondary N) is 1. The SMILES string of the molecule is O=c1[nH]cc(Cl)cc1OCc1ccccc1. The topological polar surface area (TPSA) is 42.1 Å². The van der Waals surface area contributed by atoms with E-state index >= 15 is 0 Å². The number of rotatable bonds is 3. The molecule has 1 aromatic heterocycles. The first-order valence-electron chi connectivity index (χ1n) is 4.80. The van der Waals surface area contributed by atoms with Gasteiger partial charge in [-0.3, -0.25) is 4.79 Å². The van der Waals surface area contributed by atoms with E-state index in [1.807, 2.05) is 30.3 Å². The van der Waals surface area contributed by atoms with Gasteiger partial charge in [0.05, 0.1) is 5.02 Å². The highest BCUT2D eigenvalue weighted by molar-refractivity contribution is 6.30. The lowest BCUT2D eigenvalue weighted by molar-refractivity contribution is 0.302. The highest BCUT2D eigenvalue weighted by atomic mass is 35.5. The number of halogens is 1. The van der Waals surface area contributed by atoms with Crippen molar-refractivity contribution in [2.45, 2.75) is 6.61 Å². The zero-order valence-electron chi connectivity index (χ0n) is 8.44. The van der Waals surface area contributed by atoms with Gasteiger partial charge in [-0.2, -0.15) is 0 Å². The van der Waals surface area contributed by atoms with Gasteiger partial charge in [-0.1, -0.05) is 41.9 Å². The molecule has 0 radical (unpaired) electrons. The maximum absolute atomic E-state index is 11.4. The van der Waals surface area contributed by atoms with Crippen LogP contribution in [0, 0.1) is 0 Å². The second kappa shape index (κ2) is 4.86. The van der Waals surface area contributed by atoms with Gasteiger partial charge in [-0.15, -0.1) is 0 Å². The maximum atomic E-state index is 11.4. The number of hydrogen-bond donors (Lipinski definition) is 1. The molecular formula is C12H10ClNO2. The number of H-pyrrole nitrogens is 1. The summed E-state index contributed by atoms with van der Waals surface area (Å²) in [6.07, 6.45) is 1.43. The van der Waals surface area contributed by atoms with Gasteiger partial charge in [0.1, 0.15) is 6.61 Å². The van der Waals surface area contributed by atoms with Gasteiger partial charge in [0.25, 0.3) is 5.56 Å². The van der Waals surface area contributed by atoms with E-state index in [0.29, 0.717) is 11.6 Å². The van der Waals surface area contributed by atoms with Crippen molar-refractivity contribution in [3.63, 3.8) is 0 Å². The molecule has 0 unspecified atom stereocenters. The number of pyridine rings is 1. The van der Waals surface area contributed by atoms with Gasteiger partial charge in [0.15, 0.2) is 5.75 Å². The molecule has 2 rings (SSSR count). The van der Waals surface area contributed by atoms with E-state index in [-0.39, 0.29) is 11.3 Å². The Morgan fingerprint density at radius 2 is 2.00 bits per heavy atom. The third kappa shape index (κ3) is 2.64. The van der Waals surface area contributed by atoms with Crippen LogP contribution in [0.25, 0.3) is 0 Å². The summed E-state index contributed by atoms with van der Waals surface area (Å²) in [4.78, 5) is 13.8. The van der Waals surface area contributed by atoms with Crippen molar-refractivity contribution in [3.8, 4) is 5.75 Å². The Balaban J connectivity index is 2.11. The zero-order valence-corrected chi connectivity index (χ0v) is 9.20. The quantitative estimate of drug-likeness (QED) is 0.889. The molecule has 0 amide bonds. The molecule has 4 heteroatoms. The van der Waals surface area contributed by atoms with Gasteiger partial charge in [-0.05, 0) is 5.56 Å². The van der Waals surface area contributed by atoms with Crippen molar-refractivity contribution in [2.24, 2.45) is 0 Å². The molecule has 0 saturated heterocycles. The Morgan fingerprint density at radius 1 is 1.25 bits per heavy atom. The molecule has 1 N–H and O–H groups in total.